The quantitative estimate of drug-likeness (QED) is 0.853. The van der Waals surface area contributed by atoms with Crippen molar-refractivity contribution in [2.75, 3.05) is 20.6 Å². The van der Waals surface area contributed by atoms with Crippen molar-refractivity contribution in [3.8, 4) is 23.0 Å². The molecule has 2 aromatic carbocycles. The highest BCUT2D eigenvalue weighted by Gasteiger charge is 2.40. The average Bonchev–Trinajstić information content (AvgIpc) is 2.75. The summed E-state index contributed by atoms with van der Waals surface area (Å²) in [5.74, 6) is 6.25. The summed E-state index contributed by atoms with van der Waals surface area (Å²) >= 11 is 0. The van der Waals surface area contributed by atoms with Crippen LogP contribution in [0.15, 0.2) is 48.5 Å². The summed E-state index contributed by atoms with van der Waals surface area (Å²) in [7, 11) is 3.98. The molecule has 2 nitrogen and oxygen atoms in total. The van der Waals surface area contributed by atoms with Crippen molar-refractivity contribution in [3.63, 3.8) is 0 Å². The fraction of sp³-hybridized carbons (Fsp3) is 0.263. The third kappa shape index (κ3) is 2.35. The van der Waals surface area contributed by atoms with Crippen LogP contribution in [-0.4, -0.2) is 30.6 Å². The normalized spacial score (nSPS) is 14.3. The first-order chi connectivity index (χ1) is 10.1. The third-order valence-corrected chi connectivity index (χ3v) is 3.90. The molecule has 3 rings (SSSR count). The van der Waals surface area contributed by atoms with Gasteiger partial charge in [0, 0.05) is 6.42 Å². The Morgan fingerprint density at radius 1 is 0.905 bits per heavy atom. The maximum absolute atomic E-state index is 11.2. The predicted molar refractivity (Wildman–Crippen MR) is 85.8 cm³/mol. The van der Waals surface area contributed by atoms with Gasteiger partial charge < -0.3 is 5.11 Å². The predicted octanol–water partition coefficient (Wildman–Crippen LogP) is 2.86. The van der Waals surface area contributed by atoms with E-state index in [-0.39, 0.29) is 0 Å². The number of fused-ring (bicyclic) bond motifs is 3. The zero-order chi connectivity index (χ0) is 14.9. The summed E-state index contributed by atoms with van der Waals surface area (Å²) in [4.78, 5) is 2.02. The summed E-state index contributed by atoms with van der Waals surface area (Å²) in [6.45, 7) is 0.708. The van der Waals surface area contributed by atoms with Crippen molar-refractivity contribution in [3.05, 3.63) is 59.7 Å². The van der Waals surface area contributed by atoms with Gasteiger partial charge >= 0.3 is 0 Å². The maximum atomic E-state index is 11.2. The van der Waals surface area contributed by atoms with Gasteiger partial charge in [-0.25, -0.2) is 0 Å². The Morgan fingerprint density at radius 3 is 1.95 bits per heavy atom. The van der Waals surface area contributed by atoms with E-state index in [4.69, 9.17) is 0 Å². The van der Waals surface area contributed by atoms with Crippen LogP contribution in [0.3, 0.4) is 0 Å². The van der Waals surface area contributed by atoms with Gasteiger partial charge in [0.2, 0.25) is 0 Å². The molecule has 0 bridgehead atoms. The highest BCUT2D eigenvalue weighted by atomic mass is 16.3. The van der Waals surface area contributed by atoms with Crippen molar-refractivity contribution in [1.82, 2.24) is 4.90 Å². The largest absolute Gasteiger partial charge is 0.379 e. The molecule has 0 aromatic heterocycles. The lowest BCUT2D eigenvalue weighted by Crippen LogP contribution is -2.23. The molecule has 0 saturated carbocycles. The fourth-order valence-electron chi connectivity index (χ4n) is 2.90. The number of hydrogen-bond acceptors (Lipinski definition) is 2. The van der Waals surface area contributed by atoms with E-state index in [1.54, 1.807) is 0 Å². The Balaban J connectivity index is 2.02. The maximum Gasteiger partial charge on any atom is 0.127 e. The van der Waals surface area contributed by atoms with Crippen molar-refractivity contribution in [1.29, 1.82) is 0 Å². The molecule has 21 heavy (non-hydrogen) atoms. The standard InChI is InChI=1S/C19H19NO/c1-20(2)14-8-7-13-19(21)17-11-5-3-9-15(17)16-10-4-6-12-18(16)19/h3-6,9-12,21H,13-14H2,1-2H3. The van der Waals surface area contributed by atoms with Gasteiger partial charge in [-0.15, -0.1) is 0 Å². The molecule has 0 saturated heterocycles. The molecule has 1 N–H and O–H groups in total. The SMILES string of the molecule is CN(C)CC#CCC1(O)c2ccccc2-c2ccccc21. The minimum absolute atomic E-state index is 0.425. The second-order valence-corrected chi connectivity index (χ2v) is 5.72. The highest BCUT2D eigenvalue weighted by molar-refractivity contribution is 5.80. The minimum Gasteiger partial charge on any atom is -0.379 e. The van der Waals surface area contributed by atoms with E-state index < -0.39 is 5.60 Å². The van der Waals surface area contributed by atoms with Crippen molar-refractivity contribution < 1.29 is 5.11 Å². The first-order valence-electron chi connectivity index (χ1n) is 7.15. The molecule has 0 amide bonds. The fourth-order valence-corrected chi connectivity index (χ4v) is 2.90. The Kier molecular flexibility index (Phi) is 3.55. The van der Waals surface area contributed by atoms with Crippen molar-refractivity contribution >= 4 is 0 Å². The van der Waals surface area contributed by atoms with Crippen LogP contribution in [-0.2, 0) is 5.60 Å². The minimum atomic E-state index is -0.994. The molecule has 0 atom stereocenters. The van der Waals surface area contributed by atoms with Gasteiger partial charge in [-0.1, -0.05) is 60.4 Å². The molecule has 0 spiro atoms. The van der Waals surface area contributed by atoms with Crippen LogP contribution in [0.1, 0.15) is 17.5 Å². The molecule has 1 aliphatic carbocycles. The van der Waals surface area contributed by atoms with Crippen LogP contribution in [0, 0.1) is 11.8 Å². The van der Waals surface area contributed by atoms with Gasteiger partial charge in [-0.05, 0) is 36.3 Å². The van der Waals surface area contributed by atoms with Gasteiger partial charge in [0.1, 0.15) is 5.60 Å². The zero-order valence-electron chi connectivity index (χ0n) is 12.4. The molecule has 106 valence electrons. The van der Waals surface area contributed by atoms with Crippen LogP contribution in [0.4, 0.5) is 0 Å². The first kappa shape index (κ1) is 13.9. The van der Waals surface area contributed by atoms with Crippen LogP contribution < -0.4 is 0 Å². The summed E-state index contributed by atoms with van der Waals surface area (Å²) in [6, 6.07) is 16.1. The number of hydrogen-bond donors (Lipinski definition) is 1. The van der Waals surface area contributed by atoms with Crippen LogP contribution in [0.25, 0.3) is 11.1 Å². The van der Waals surface area contributed by atoms with Gasteiger partial charge in [0.05, 0.1) is 6.54 Å². The molecule has 0 fully saturated rings. The summed E-state index contributed by atoms with van der Waals surface area (Å²) in [5, 5.41) is 11.2. The van der Waals surface area contributed by atoms with Crippen molar-refractivity contribution in [2.45, 2.75) is 12.0 Å². The molecule has 0 aliphatic heterocycles. The molecule has 2 aromatic rings. The van der Waals surface area contributed by atoms with Crippen LogP contribution in [0.5, 0.6) is 0 Å². The van der Waals surface area contributed by atoms with Gasteiger partial charge in [-0.3, -0.25) is 4.90 Å². The monoisotopic (exact) mass is 277 g/mol. The lowest BCUT2D eigenvalue weighted by atomic mass is 9.88. The van der Waals surface area contributed by atoms with E-state index >= 15 is 0 Å². The van der Waals surface area contributed by atoms with E-state index in [0.717, 1.165) is 22.3 Å². The number of rotatable bonds is 2. The van der Waals surface area contributed by atoms with E-state index in [0.29, 0.717) is 13.0 Å². The highest BCUT2D eigenvalue weighted by Crippen LogP contribution is 2.48. The van der Waals surface area contributed by atoms with E-state index in [1.807, 2.05) is 55.4 Å². The van der Waals surface area contributed by atoms with Gasteiger partial charge in [0.25, 0.3) is 0 Å². The summed E-state index contributed by atoms with van der Waals surface area (Å²) in [5.41, 5.74) is 3.16. The first-order valence-corrected chi connectivity index (χ1v) is 7.15. The van der Waals surface area contributed by atoms with Gasteiger partial charge in [0.15, 0.2) is 0 Å². The number of benzene rings is 2. The second kappa shape index (κ2) is 5.37. The van der Waals surface area contributed by atoms with Crippen molar-refractivity contribution in [2.24, 2.45) is 0 Å². The zero-order valence-corrected chi connectivity index (χ0v) is 12.4. The Morgan fingerprint density at radius 2 is 1.43 bits per heavy atom. The molecule has 0 heterocycles. The Bertz CT molecular complexity index is 676. The lowest BCUT2D eigenvalue weighted by Gasteiger charge is -2.23. The van der Waals surface area contributed by atoms with E-state index in [9.17, 15) is 5.11 Å². The Labute approximate surface area is 126 Å². The topological polar surface area (TPSA) is 23.5 Å². The smallest absolute Gasteiger partial charge is 0.127 e. The summed E-state index contributed by atoms with van der Waals surface area (Å²) < 4.78 is 0. The van der Waals surface area contributed by atoms with Crippen LogP contribution >= 0.6 is 0 Å². The van der Waals surface area contributed by atoms with Gasteiger partial charge in [-0.2, -0.15) is 0 Å². The second-order valence-electron chi connectivity index (χ2n) is 5.72. The Hall–Kier alpha value is -2.08. The van der Waals surface area contributed by atoms with E-state index in [2.05, 4.69) is 24.0 Å². The molecular weight excluding hydrogens is 258 g/mol. The molecule has 2 heteroatoms. The molecule has 1 aliphatic rings. The molecule has 0 unspecified atom stereocenters. The lowest BCUT2D eigenvalue weighted by molar-refractivity contribution is 0.0914. The number of aliphatic hydroxyl groups is 1. The van der Waals surface area contributed by atoms with Crippen LogP contribution in [0.2, 0.25) is 0 Å². The average molecular weight is 277 g/mol. The summed E-state index contributed by atoms with van der Waals surface area (Å²) in [6.07, 6.45) is 0.425. The molecular formula is C19H19NO. The number of nitrogens with zero attached hydrogens (tertiary/aromatic N) is 1. The van der Waals surface area contributed by atoms with E-state index in [1.165, 1.54) is 0 Å². The molecule has 0 radical (unpaired) electrons. The third-order valence-electron chi connectivity index (χ3n) is 3.90.